The van der Waals surface area contributed by atoms with E-state index in [1.807, 2.05) is 18.7 Å². The number of thioether (sulfide) groups is 1. The molecular weight excluding hydrogens is 198 g/mol. The highest BCUT2D eigenvalue weighted by Gasteiger charge is 2.23. The summed E-state index contributed by atoms with van der Waals surface area (Å²) in [6, 6.07) is 0.584. The molecule has 0 aromatic carbocycles. The third-order valence-electron chi connectivity index (χ3n) is 2.62. The fraction of sp³-hybridized carbons (Fsp3) is 0.900. The summed E-state index contributed by atoms with van der Waals surface area (Å²) in [5.74, 6) is 2.24. The predicted molar refractivity (Wildman–Crippen MR) is 59.5 cm³/mol. The first-order chi connectivity index (χ1) is 6.65. The Morgan fingerprint density at radius 3 is 3.00 bits per heavy atom. The first-order valence-electron chi connectivity index (χ1n) is 5.04. The summed E-state index contributed by atoms with van der Waals surface area (Å²) in [4.78, 5) is 13.6. The van der Waals surface area contributed by atoms with Gasteiger partial charge >= 0.3 is 5.97 Å². The molecule has 0 bridgehead atoms. The Morgan fingerprint density at radius 2 is 2.43 bits per heavy atom. The van der Waals surface area contributed by atoms with Gasteiger partial charge in [0.2, 0.25) is 0 Å². The van der Waals surface area contributed by atoms with Crippen molar-refractivity contribution < 1.29 is 9.53 Å². The van der Waals surface area contributed by atoms with E-state index in [1.54, 1.807) is 0 Å². The van der Waals surface area contributed by atoms with Crippen molar-refractivity contribution in [3.63, 3.8) is 0 Å². The Hall–Kier alpha value is -0.220. The Morgan fingerprint density at radius 1 is 1.71 bits per heavy atom. The molecule has 1 aliphatic heterocycles. The molecule has 14 heavy (non-hydrogen) atoms. The smallest absolute Gasteiger partial charge is 0.309 e. The maximum atomic E-state index is 11.2. The predicted octanol–water partition coefficient (Wildman–Crippen LogP) is 1.23. The lowest BCUT2D eigenvalue weighted by Crippen LogP contribution is -2.44. The van der Waals surface area contributed by atoms with Gasteiger partial charge in [0.05, 0.1) is 13.0 Å². The van der Waals surface area contributed by atoms with Crippen LogP contribution >= 0.6 is 11.8 Å². The van der Waals surface area contributed by atoms with Crippen LogP contribution in [0.1, 0.15) is 13.8 Å². The van der Waals surface area contributed by atoms with Crippen LogP contribution in [0.5, 0.6) is 0 Å². The second kappa shape index (κ2) is 5.61. The highest BCUT2D eigenvalue weighted by atomic mass is 32.2. The molecule has 1 heterocycles. The molecule has 0 aromatic heterocycles. The van der Waals surface area contributed by atoms with Crippen LogP contribution in [-0.2, 0) is 9.53 Å². The third-order valence-corrected chi connectivity index (χ3v) is 3.81. The molecule has 0 aliphatic carbocycles. The summed E-state index contributed by atoms with van der Waals surface area (Å²) in [7, 11) is 1.45. The van der Waals surface area contributed by atoms with Gasteiger partial charge in [0.1, 0.15) is 0 Å². The zero-order valence-electron chi connectivity index (χ0n) is 9.16. The Bertz CT molecular complexity index is 199. The van der Waals surface area contributed by atoms with Crippen molar-refractivity contribution in [2.24, 2.45) is 5.92 Å². The third kappa shape index (κ3) is 3.17. The number of esters is 1. The molecule has 1 saturated heterocycles. The molecule has 2 unspecified atom stereocenters. The normalized spacial score (nSPS) is 25.8. The van der Waals surface area contributed by atoms with Gasteiger partial charge < -0.3 is 4.74 Å². The average Bonchev–Trinajstić information content (AvgIpc) is 2.20. The monoisotopic (exact) mass is 217 g/mol. The number of nitrogens with zero attached hydrogens (tertiary/aromatic N) is 1. The number of hydrogen-bond acceptors (Lipinski definition) is 4. The van der Waals surface area contributed by atoms with Crippen LogP contribution in [0.3, 0.4) is 0 Å². The standard InChI is InChI=1S/C10H19NO2S/c1-8(10(12)13-3)6-11-4-5-14-7-9(11)2/h8-9H,4-7H2,1-3H3. The maximum Gasteiger partial charge on any atom is 0.309 e. The van der Waals surface area contributed by atoms with Crippen molar-refractivity contribution in [1.29, 1.82) is 0 Å². The number of carbonyl (C=O) groups is 1. The van der Waals surface area contributed by atoms with Crippen LogP contribution in [-0.4, -0.2) is 48.6 Å². The minimum Gasteiger partial charge on any atom is -0.469 e. The summed E-state index contributed by atoms with van der Waals surface area (Å²) >= 11 is 1.99. The Kier molecular flexibility index (Phi) is 4.75. The summed E-state index contributed by atoms with van der Waals surface area (Å²) < 4.78 is 4.72. The van der Waals surface area contributed by atoms with E-state index in [9.17, 15) is 4.79 Å². The molecule has 2 atom stereocenters. The SMILES string of the molecule is COC(=O)C(C)CN1CCSCC1C. The zero-order valence-corrected chi connectivity index (χ0v) is 9.97. The number of hydrogen-bond donors (Lipinski definition) is 0. The molecule has 82 valence electrons. The Labute approximate surface area is 90.2 Å². The van der Waals surface area contributed by atoms with Crippen LogP contribution in [0.2, 0.25) is 0 Å². The van der Waals surface area contributed by atoms with E-state index in [-0.39, 0.29) is 11.9 Å². The fourth-order valence-electron chi connectivity index (χ4n) is 1.66. The average molecular weight is 217 g/mol. The second-order valence-corrected chi connectivity index (χ2v) is 4.99. The lowest BCUT2D eigenvalue weighted by molar-refractivity contribution is -0.145. The molecule has 0 amide bonds. The summed E-state index contributed by atoms with van der Waals surface area (Å²) in [5.41, 5.74) is 0. The minimum atomic E-state index is -0.101. The lowest BCUT2D eigenvalue weighted by atomic mass is 10.1. The van der Waals surface area contributed by atoms with Crippen molar-refractivity contribution in [3.05, 3.63) is 0 Å². The van der Waals surface area contributed by atoms with E-state index in [2.05, 4.69) is 11.8 Å². The maximum absolute atomic E-state index is 11.2. The van der Waals surface area contributed by atoms with Gasteiger partial charge in [-0.05, 0) is 6.92 Å². The minimum absolute atomic E-state index is 0.00875. The Balaban J connectivity index is 2.38. The first-order valence-corrected chi connectivity index (χ1v) is 6.20. The summed E-state index contributed by atoms with van der Waals surface area (Å²) in [6.45, 7) is 6.07. The van der Waals surface area contributed by atoms with Crippen LogP contribution in [0.25, 0.3) is 0 Å². The van der Waals surface area contributed by atoms with Gasteiger partial charge in [0, 0.05) is 30.6 Å². The van der Waals surface area contributed by atoms with E-state index in [1.165, 1.54) is 18.6 Å². The van der Waals surface area contributed by atoms with Gasteiger partial charge in [-0.1, -0.05) is 6.92 Å². The van der Waals surface area contributed by atoms with Crippen LogP contribution < -0.4 is 0 Å². The molecular formula is C10H19NO2S. The highest BCUT2D eigenvalue weighted by molar-refractivity contribution is 7.99. The molecule has 0 aromatic rings. The molecule has 1 aliphatic rings. The number of methoxy groups -OCH3 is 1. The fourth-order valence-corrected chi connectivity index (χ4v) is 2.74. The van der Waals surface area contributed by atoms with Gasteiger partial charge in [-0.25, -0.2) is 0 Å². The van der Waals surface area contributed by atoms with Crippen molar-refractivity contribution in [1.82, 2.24) is 4.90 Å². The van der Waals surface area contributed by atoms with E-state index in [4.69, 9.17) is 4.74 Å². The van der Waals surface area contributed by atoms with E-state index in [0.29, 0.717) is 6.04 Å². The highest BCUT2D eigenvalue weighted by Crippen LogP contribution is 2.17. The molecule has 3 nitrogen and oxygen atoms in total. The van der Waals surface area contributed by atoms with Gasteiger partial charge in [0.15, 0.2) is 0 Å². The van der Waals surface area contributed by atoms with Crippen molar-refractivity contribution in [2.75, 3.05) is 31.7 Å². The number of rotatable bonds is 3. The number of ether oxygens (including phenoxy) is 1. The molecule has 4 heteroatoms. The van der Waals surface area contributed by atoms with Gasteiger partial charge in [0.25, 0.3) is 0 Å². The molecule has 0 saturated carbocycles. The molecule has 0 spiro atoms. The number of carbonyl (C=O) groups excluding carboxylic acids is 1. The van der Waals surface area contributed by atoms with Crippen molar-refractivity contribution >= 4 is 17.7 Å². The first kappa shape index (κ1) is 11.9. The quantitative estimate of drug-likeness (QED) is 0.665. The molecule has 0 radical (unpaired) electrons. The topological polar surface area (TPSA) is 29.5 Å². The van der Waals surface area contributed by atoms with Gasteiger partial charge in [-0.3, -0.25) is 9.69 Å². The van der Waals surface area contributed by atoms with Crippen LogP contribution in [0, 0.1) is 5.92 Å². The van der Waals surface area contributed by atoms with Crippen molar-refractivity contribution in [3.8, 4) is 0 Å². The summed E-state index contributed by atoms with van der Waals surface area (Å²) in [6.07, 6.45) is 0. The lowest BCUT2D eigenvalue weighted by Gasteiger charge is -2.34. The van der Waals surface area contributed by atoms with Gasteiger partial charge in [-0.15, -0.1) is 0 Å². The molecule has 1 fully saturated rings. The van der Waals surface area contributed by atoms with Crippen LogP contribution in [0.15, 0.2) is 0 Å². The second-order valence-electron chi connectivity index (χ2n) is 3.84. The van der Waals surface area contributed by atoms with Crippen molar-refractivity contribution in [2.45, 2.75) is 19.9 Å². The van der Waals surface area contributed by atoms with E-state index < -0.39 is 0 Å². The zero-order chi connectivity index (χ0) is 10.6. The molecule has 0 N–H and O–H groups in total. The van der Waals surface area contributed by atoms with Crippen LogP contribution in [0.4, 0.5) is 0 Å². The summed E-state index contributed by atoms with van der Waals surface area (Å²) in [5, 5.41) is 0. The molecule has 1 rings (SSSR count). The van der Waals surface area contributed by atoms with E-state index >= 15 is 0 Å². The largest absolute Gasteiger partial charge is 0.469 e. The van der Waals surface area contributed by atoms with E-state index in [0.717, 1.165) is 13.1 Å². The van der Waals surface area contributed by atoms with Gasteiger partial charge in [-0.2, -0.15) is 11.8 Å².